The number of fused-ring (bicyclic) bond motifs is 5. The van der Waals surface area contributed by atoms with Crippen LogP contribution < -0.4 is 5.32 Å². The Kier molecular flexibility index (Phi) is 6.18. The summed E-state index contributed by atoms with van der Waals surface area (Å²) in [6.45, 7) is 7.17. The number of halogens is 1. The lowest BCUT2D eigenvalue weighted by Crippen LogP contribution is -2.63. The van der Waals surface area contributed by atoms with Crippen LogP contribution in [0.3, 0.4) is 0 Å². The van der Waals surface area contributed by atoms with Crippen LogP contribution in [0.5, 0.6) is 0 Å². The molecule has 0 amide bonds. The Hall–Kier alpha value is -0.270. The molecule has 166 valence electrons. The number of rotatable bonds is 0. The van der Waals surface area contributed by atoms with Crippen LogP contribution in [0.25, 0.3) is 0 Å². The van der Waals surface area contributed by atoms with Gasteiger partial charge in [0, 0.05) is 25.6 Å². The molecule has 5 nitrogen and oxygen atoms in total. The predicted octanol–water partition coefficient (Wildman–Crippen LogP) is 2.92. The lowest BCUT2D eigenvalue weighted by Gasteiger charge is -2.42. The van der Waals surface area contributed by atoms with E-state index in [-0.39, 0.29) is 11.6 Å². The van der Waals surface area contributed by atoms with Crippen molar-refractivity contribution < 1.29 is 18.6 Å². The minimum Gasteiger partial charge on any atom is -0.378 e. The summed E-state index contributed by atoms with van der Waals surface area (Å²) in [5.74, 6) is 1.22. The Morgan fingerprint density at radius 2 is 1.90 bits per heavy atom. The summed E-state index contributed by atoms with van der Waals surface area (Å²) in [5.41, 5.74) is -0.00748. The molecular formula is C23H39FN2O3. The Labute approximate surface area is 175 Å². The maximum absolute atomic E-state index is 14.2. The first-order chi connectivity index (χ1) is 14.1. The SMILES string of the molecule is C[C@@H]1C[C@]2(COCCN2)[C@H]2COC3CCC(CC3)C3CCC(F)CC3OCCN12. The van der Waals surface area contributed by atoms with E-state index < -0.39 is 6.17 Å². The van der Waals surface area contributed by atoms with Gasteiger partial charge in [-0.15, -0.1) is 0 Å². The number of nitrogens with zero attached hydrogens (tertiary/aromatic N) is 1. The quantitative estimate of drug-likeness (QED) is 0.665. The van der Waals surface area contributed by atoms with Gasteiger partial charge >= 0.3 is 0 Å². The van der Waals surface area contributed by atoms with Gasteiger partial charge in [-0.05, 0) is 63.7 Å². The number of alkyl halides is 1. The third-order valence-corrected chi connectivity index (χ3v) is 8.62. The van der Waals surface area contributed by atoms with Gasteiger partial charge in [0.25, 0.3) is 0 Å². The molecule has 4 aliphatic heterocycles. The van der Waals surface area contributed by atoms with Crippen LogP contribution >= 0.6 is 0 Å². The highest BCUT2D eigenvalue weighted by molar-refractivity contribution is 5.10. The van der Waals surface area contributed by atoms with E-state index in [1.807, 2.05) is 0 Å². The maximum atomic E-state index is 14.2. The first-order valence-electron chi connectivity index (χ1n) is 12.1. The molecule has 6 atom stereocenters. The van der Waals surface area contributed by atoms with Gasteiger partial charge < -0.3 is 19.5 Å². The second kappa shape index (κ2) is 8.70. The number of hydrogen-bond donors (Lipinski definition) is 1. The fourth-order valence-electron chi connectivity index (χ4n) is 7.11. The van der Waals surface area contributed by atoms with E-state index in [1.54, 1.807) is 0 Å². The number of ether oxygens (including phenoxy) is 3. The van der Waals surface area contributed by atoms with Crippen LogP contribution in [-0.2, 0) is 14.2 Å². The van der Waals surface area contributed by atoms with Crippen molar-refractivity contribution in [3.63, 3.8) is 0 Å². The fourth-order valence-corrected chi connectivity index (χ4v) is 7.11. The molecule has 2 saturated carbocycles. The molecule has 2 aliphatic carbocycles. The molecule has 1 spiro atoms. The van der Waals surface area contributed by atoms with E-state index in [1.165, 1.54) is 12.8 Å². The molecule has 0 aromatic heterocycles. The monoisotopic (exact) mass is 410 g/mol. The molecule has 4 heterocycles. The molecule has 3 unspecified atom stereocenters. The highest BCUT2D eigenvalue weighted by atomic mass is 19.1. The highest BCUT2D eigenvalue weighted by Gasteiger charge is 2.52. The maximum Gasteiger partial charge on any atom is 0.103 e. The summed E-state index contributed by atoms with van der Waals surface area (Å²) in [4.78, 5) is 2.58. The van der Waals surface area contributed by atoms with Crippen LogP contribution in [0.1, 0.15) is 58.3 Å². The number of morpholine rings is 1. The van der Waals surface area contributed by atoms with E-state index in [4.69, 9.17) is 14.2 Å². The Balaban J connectivity index is 1.36. The van der Waals surface area contributed by atoms with Gasteiger partial charge in [-0.2, -0.15) is 0 Å². The largest absolute Gasteiger partial charge is 0.378 e. The minimum atomic E-state index is -0.683. The summed E-state index contributed by atoms with van der Waals surface area (Å²) in [6.07, 6.45) is 7.91. The Morgan fingerprint density at radius 3 is 2.69 bits per heavy atom. The van der Waals surface area contributed by atoms with Crippen LogP contribution in [0.4, 0.5) is 4.39 Å². The van der Waals surface area contributed by atoms with Crippen molar-refractivity contribution in [1.82, 2.24) is 10.2 Å². The Bertz CT molecular complexity index is 550. The molecule has 29 heavy (non-hydrogen) atoms. The third-order valence-electron chi connectivity index (χ3n) is 8.62. The molecular weight excluding hydrogens is 371 g/mol. The van der Waals surface area contributed by atoms with Gasteiger partial charge in [-0.3, -0.25) is 4.90 Å². The Morgan fingerprint density at radius 1 is 1.03 bits per heavy atom. The molecule has 2 bridgehead atoms. The van der Waals surface area contributed by atoms with Crippen molar-refractivity contribution in [2.24, 2.45) is 11.8 Å². The standard InChI is InChI=1S/C23H39FN2O3/c1-16-13-23(15-27-10-8-25-23)22-14-29-19-5-2-17(3-6-19)20-7-4-18(24)12-21(20)28-11-9-26(16)22/h16-22,25H,2-15H2,1H3/t16-,17?,18?,19?,20?,21?,22-,23+/m1/s1. The lowest BCUT2D eigenvalue weighted by molar-refractivity contribution is -0.0636. The van der Waals surface area contributed by atoms with Gasteiger partial charge in [-0.1, -0.05) is 0 Å². The summed E-state index contributed by atoms with van der Waals surface area (Å²) in [7, 11) is 0. The smallest absolute Gasteiger partial charge is 0.103 e. The fraction of sp³-hybridized carbons (Fsp3) is 1.00. The second-order valence-corrected chi connectivity index (χ2v) is 10.3. The van der Waals surface area contributed by atoms with E-state index in [9.17, 15) is 4.39 Å². The van der Waals surface area contributed by atoms with Crippen LogP contribution in [0.15, 0.2) is 0 Å². The summed E-state index contributed by atoms with van der Waals surface area (Å²) in [6, 6.07) is 0.787. The topological polar surface area (TPSA) is 43.0 Å². The van der Waals surface area contributed by atoms with E-state index in [2.05, 4.69) is 17.1 Å². The van der Waals surface area contributed by atoms with Crippen molar-refractivity contribution >= 4 is 0 Å². The van der Waals surface area contributed by atoms with Crippen molar-refractivity contribution in [3.05, 3.63) is 0 Å². The van der Waals surface area contributed by atoms with Crippen molar-refractivity contribution in [2.45, 2.75) is 94.3 Å². The first-order valence-corrected chi connectivity index (χ1v) is 12.1. The highest BCUT2D eigenvalue weighted by Crippen LogP contribution is 2.42. The zero-order valence-electron chi connectivity index (χ0n) is 18.0. The molecule has 6 heteroatoms. The van der Waals surface area contributed by atoms with Crippen LogP contribution in [-0.4, -0.2) is 80.4 Å². The zero-order valence-corrected chi connectivity index (χ0v) is 18.0. The summed E-state index contributed by atoms with van der Waals surface area (Å²) >= 11 is 0. The molecule has 6 rings (SSSR count). The zero-order chi connectivity index (χ0) is 19.8. The molecule has 6 fully saturated rings. The van der Waals surface area contributed by atoms with E-state index in [0.717, 1.165) is 65.0 Å². The van der Waals surface area contributed by atoms with Gasteiger partial charge in [-0.25, -0.2) is 4.39 Å². The molecule has 0 radical (unpaired) electrons. The minimum absolute atomic E-state index is 0.00748. The van der Waals surface area contributed by atoms with E-state index in [0.29, 0.717) is 43.1 Å². The summed E-state index contributed by atoms with van der Waals surface area (Å²) < 4.78 is 33.1. The first kappa shape index (κ1) is 20.6. The molecule has 0 aromatic carbocycles. The number of hydrogen-bond acceptors (Lipinski definition) is 5. The third kappa shape index (κ3) is 4.12. The lowest BCUT2D eigenvalue weighted by atomic mass is 9.71. The second-order valence-electron chi connectivity index (χ2n) is 10.3. The molecule has 1 N–H and O–H groups in total. The molecule has 6 aliphatic rings. The normalized spacial score (nSPS) is 49.7. The van der Waals surface area contributed by atoms with E-state index >= 15 is 0 Å². The molecule has 0 aromatic rings. The van der Waals surface area contributed by atoms with Crippen LogP contribution in [0, 0.1) is 11.8 Å². The summed E-state index contributed by atoms with van der Waals surface area (Å²) in [5, 5.41) is 3.81. The van der Waals surface area contributed by atoms with Gasteiger partial charge in [0.1, 0.15) is 6.17 Å². The van der Waals surface area contributed by atoms with Gasteiger partial charge in [0.2, 0.25) is 0 Å². The molecule has 4 saturated heterocycles. The predicted molar refractivity (Wildman–Crippen MR) is 110 cm³/mol. The van der Waals surface area contributed by atoms with Crippen LogP contribution in [0.2, 0.25) is 0 Å². The van der Waals surface area contributed by atoms with Crippen molar-refractivity contribution in [3.8, 4) is 0 Å². The van der Waals surface area contributed by atoms with Gasteiger partial charge in [0.05, 0.1) is 50.2 Å². The number of nitrogens with one attached hydrogen (secondary N) is 1. The average molecular weight is 411 g/mol. The van der Waals surface area contributed by atoms with Gasteiger partial charge in [0.15, 0.2) is 0 Å². The van der Waals surface area contributed by atoms with Crippen molar-refractivity contribution in [2.75, 3.05) is 39.5 Å². The van der Waals surface area contributed by atoms with Crippen molar-refractivity contribution in [1.29, 1.82) is 0 Å². The average Bonchev–Trinajstić information content (AvgIpc) is 2.98.